The fraction of sp³-hybridized carbons (Fsp3) is 0.294. The molecule has 2 heteroatoms. The quantitative estimate of drug-likeness (QED) is 0.864. The van der Waals surface area contributed by atoms with Gasteiger partial charge < -0.3 is 5.32 Å². The summed E-state index contributed by atoms with van der Waals surface area (Å²) in [5.41, 5.74) is 4.89. The van der Waals surface area contributed by atoms with Gasteiger partial charge in [-0.15, -0.1) is 0 Å². The normalized spacial score (nSPS) is 10.7. The Morgan fingerprint density at radius 2 is 1.79 bits per heavy atom. The van der Waals surface area contributed by atoms with Gasteiger partial charge in [0.05, 0.1) is 0 Å². The van der Waals surface area contributed by atoms with Crippen molar-refractivity contribution in [2.75, 3.05) is 6.54 Å². The van der Waals surface area contributed by atoms with Gasteiger partial charge in [0.25, 0.3) is 0 Å². The van der Waals surface area contributed by atoms with Crippen LogP contribution in [-0.2, 0) is 6.54 Å². The highest BCUT2D eigenvalue weighted by molar-refractivity contribution is 5.68. The van der Waals surface area contributed by atoms with Crippen LogP contribution in [0.3, 0.4) is 0 Å². The van der Waals surface area contributed by atoms with Crippen molar-refractivity contribution in [1.82, 2.24) is 5.32 Å². The third-order valence-electron chi connectivity index (χ3n) is 3.30. The van der Waals surface area contributed by atoms with Gasteiger partial charge in [0.2, 0.25) is 0 Å². The molecule has 0 saturated heterocycles. The largest absolute Gasteiger partial charge is 0.313 e. The lowest BCUT2D eigenvalue weighted by molar-refractivity contribution is 0.625. The first-order valence-electron chi connectivity index (χ1n) is 6.68. The predicted molar refractivity (Wildman–Crippen MR) is 78.7 cm³/mol. The van der Waals surface area contributed by atoms with Crippen LogP contribution < -0.4 is 5.32 Å². The highest BCUT2D eigenvalue weighted by atomic mass is 19.1. The summed E-state index contributed by atoms with van der Waals surface area (Å²) in [6.45, 7) is 7.68. The molecule has 2 rings (SSSR count). The fourth-order valence-corrected chi connectivity index (χ4v) is 2.18. The maximum atomic E-state index is 14.2. The zero-order valence-corrected chi connectivity index (χ0v) is 11.8. The Balaban J connectivity index is 2.37. The summed E-state index contributed by atoms with van der Waals surface area (Å²) in [7, 11) is 0. The van der Waals surface area contributed by atoms with E-state index in [2.05, 4.69) is 11.4 Å². The molecule has 19 heavy (non-hydrogen) atoms. The molecule has 0 radical (unpaired) electrons. The first-order valence-corrected chi connectivity index (χ1v) is 6.68. The van der Waals surface area contributed by atoms with Crippen molar-refractivity contribution in [3.63, 3.8) is 0 Å². The van der Waals surface area contributed by atoms with E-state index in [1.807, 2.05) is 45.0 Å². The number of aryl methyl sites for hydroxylation is 2. The summed E-state index contributed by atoms with van der Waals surface area (Å²) >= 11 is 0. The van der Waals surface area contributed by atoms with E-state index in [4.69, 9.17) is 0 Å². The van der Waals surface area contributed by atoms with Crippen LogP contribution in [0.4, 0.5) is 4.39 Å². The second-order valence-electron chi connectivity index (χ2n) is 4.91. The lowest BCUT2D eigenvalue weighted by atomic mass is 9.97. The first-order chi connectivity index (χ1) is 9.11. The van der Waals surface area contributed by atoms with Gasteiger partial charge in [0, 0.05) is 12.1 Å². The van der Waals surface area contributed by atoms with Crippen molar-refractivity contribution in [3.8, 4) is 11.1 Å². The maximum Gasteiger partial charge on any atom is 0.131 e. The second-order valence-corrected chi connectivity index (χ2v) is 4.91. The zero-order chi connectivity index (χ0) is 13.8. The van der Waals surface area contributed by atoms with Crippen molar-refractivity contribution in [2.45, 2.75) is 27.3 Å². The molecule has 0 fully saturated rings. The van der Waals surface area contributed by atoms with E-state index in [-0.39, 0.29) is 5.82 Å². The zero-order valence-electron chi connectivity index (χ0n) is 11.8. The number of hydrogen-bond donors (Lipinski definition) is 1. The van der Waals surface area contributed by atoms with Crippen LogP contribution in [0.25, 0.3) is 11.1 Å². The average molecular weight is 257 g/mol. The molecule has 100 valence electrons. The van der Waals surface area contributed by atoms with Gasteiger partial charge in [-0.2, -0.15) is 0 Å². The highest BCUT2D eigenvalue weighted by Gasteiger charge is 2.08. The van der Waals surface area contributed by atoms with E-state index in [0.29, 0.717) is 12.1 Å². The Labute approximate surface area is 114 Å². The van der Waals surface area contributed by atoms with Crippen LogP contribution in [0, 0.1) is 19.7 Å². The van der Waals surface area contributed by atoms with Crippen LogP contribution in [0.5, 0.6) is 0 Å². The number of hydrogen-bond acceptors (Lipinski definition) is 1. The van der Waals surface area contributed by atoms with Crippen LogP contribution in [0.1, 0.15) is 23.6 Å². The van der Waals surface area contributed by atoms with Gasteiger partial charge >= 0.3 is 0 Å². The van der Waals surface area contributed by atoms with Crippen LogP contribution in [-0.4, -0.2) is 6.54 Å². The molecule has 0 saturated carbocycles. The van der Waals surface area contributed by atoms with Gasteiger partial charge in [0.15, 0.2) is 0 Å². The third-order valence-corrected chi connectivity index (χ3v) is 3.30. The SMILES string of the molecule is CCNCc1ccc(-c2cc(C)ccc2C)c(F)c1. The summed E-state index contributed by atoms with van der Waals surface area (Å²) in [6, 6.07) is 11.6. The number of nitrogens with one attached hydrogen (secondary N) is 1. The van der Waals surface area contributed by atoms with Crippen molar-refractivity contribution in [1.29, 1.82) is 0 Å². The van der Waals surface area contributed by atoms with Crippen LogP contribution >= 0.6 is 0 Å². The van der Waals surface area contributed by atoms with Crippen molar-refractivity contribution in [2.24, 2.45) is 0 Å². The van der Waals surface area contributed by atoms with E-state index in [1.54, 1.807) is 6.07 Å². The topological polar surface area (TPSA) is 12.0 Å². The van der Waals surface area contributed by atoms with E-state index in [9.17, 15) is 4.39 Å². The van der Waals surface area contributed by atoms with Crippen molar-refractivity contribution < 1.29 is 4.39 Å². The molecule has 0 spiro atoms. The summed E-state index contributed by atoms with van der Waals surface area (Å²) in [5, 5.41) is 3.20. The lowest BCUT2D eigenvalue weighted by Gasteiger charge is -2.10. The molecule has 1 nitrogen and oxygen atoms in total. The molecule has 0 aromatic heterocycles. The second kappa shape index (κ2) is 5.98. The van der Waals surface area contributed by atoms with E-state index in [0.717, 1.165) is 28.8 Å². The minimum absolute atomic E-state index is 0.149. The molecule has 2 aromatic carbocycles. The summed E-state index contributed by atoms with van der Waals surface area (Å²) in [5.74, 6) is -0.149. The number of benzene rings is 2. The standard InChI is InChI=1S/C17H20FN/c1-4-19-11-14-7-8-15(17(18)10-14)16-9-12(2)5-6-13(16)3/h5-10,19H,4,11H2,1-3H3. The van der Waals surface area contributed by atoms with E-state index < -0.39 is 0 Å². The molecule has 0 amide bonds. The Hall–Kier alpha value is -1.67. The van der Waals surface area contributed by atoms with E-state index in [1.165, 1.54) is 0 Å². The van der Waals surface area contributed by atoms with Gasteiger partial charge in [-0.3, -0.25) is 0 Å². The van der Waals surface area contributed by atoms with Gasteiger partial charge in [-0.1, -0.05) is 42.8 Å². The number of rotatable bonds is 4. The van der Waals surface area contributed by atoms with Crippen LogP contribution in [0.15, 0.2) is 36.4 Å². The number of halogens is 1. The van der Waals surface area contributed by atoms with Gasteiger partial charge in [-0.25, -0.2) is 4.39 Å². The van der Waals surface area contributed by atoms with Crippen molar-refractivity contribution >= 4 is 0 Å². The summed E-state index contributed by atoms with van der Waals surface area (Å²) in [6.07, 6.45) is 0. The highest BCUT2D eigenvalue weighted by Crippen LogP contribution is 2.27. The molecule has 0 atom stereocenters. The monoisotopic (exact) mass is 257 g/mol. The predicted octanol–water partition coefficient (Wildman–Crippen LogP) is 4.22. The molecular weight excluding hydrogens is 237 g/mol. The summed E-state index contributed by atoms with van der Waals surface area (Å²) < 4.78 is 14.2. The molecule has 0 heterocycles. The van der Waals surface area contributed by atoms with Crippen LogP contribution in [0.2, 0.25) is 0 Å². The van der Waals surface area contributed by atoms with Crippen molar-refractivity contribution in [3.05, 3.63) is 58.9 Å². The van der Waals surface area contributed by atoms with E-state index >= 15 is 0 Å². The van der Waals surface area contributed by atoms with Gasteiger partial charge in [-0.05, 0) is 43.1 Å². The Morgan fingerprint density at radius 3 is 2.47 bits per heavy atom. The van der Waals surface area contributed by atoms with Gasteiger partial charge in [0.1, 0.15) is 5.82 Å². The minimum atomic E-state index is -0.149. The summed E-state index contributed by atoms with van der Waals surface area (Å²) in [4.78, 5) is 0. The molecule has 1 N–H and O–H groups in total. The third kappa shape index (κ3) is 3.21. The Kier molecular flexibility index (Phi) is 4.33. The molecular formula is C17H20FN. The average Bonchev–Trinajstić information content (AvgIpc) is 2.40. The molecule has 0 aliphatic carbocycles. The molecule has 0 aliphatic rings. The molecule has 0 aliphatic heterocycles. The first kappa shape index (κ1) is 13.8. The lowest BCUT2D eigenvalue weighted by Crippen LogP contribution is -2.11. The Morgan fingerprint density at radius 1 is 1.00 bits per heavy atom. The molecule has 0 bridgehead atoms. The fourth-order valence-electron chi connectivity index (χ4n) is 2.18. The maximum absolute atomic E-state index is 14.2. The molecule has 0 unspecified atom stereocenters. The smallest absolute Gasteiger partial charge is 0.131 e. The minimum Gasteiger partial charge on any atom is -0.313 e. The Bertz CT molecular complexity index is 575. The molecule has 2 aromatic rings.